The molecule has 0 saturated carbocycles. The normalized spacial score (nSPS) is 11.6. The number of carbonyl (C=O) groups excluding carboxylic acids is 1. The lowest BCUT2D eigenvalue weighted by atomic mass is 9.98. The van der Waals surface area contributed by atoms with Crippen molar-refractivity contribution in [2.24, 2.45) is 0 Å². The molecule has 0 fully saturated rings. The Labute approximate surface area is 92.1 Å². The van der Waals surface area contributed by atoms with Crippen molar-refractivity contribution in [2.75, 3.05) is 21.1 Å². The molecule has 0 saturated heterocycles. The highest BCUT2D eigenvalue weighted by Gasteiger charge is 2.17. The molecule has 0 aliphatic rings. The number of hydrogen-bond acceptors (Lipinski definition) is 1. The molecule has 0 unspecified atom stereocenters. The van der Waals surface area contributed by atoms with Crippen molar-refractivity contribution in [3.05, 3.63) is 28.8 Å². The molecule has 15 heavy (non-hydrogen) atoms. The van der Waals surface area contributed by atoms with Gasteiger partial charge in [-0.1, -0.05) is 0 Å². The number of Topliss-reactive ketones (excluding diaryl/α,β-unsaturated/α-hetero) is 1. The number of ketones is 1. The lowest BCUT2D eigenvalue weighted by Crippen LogP contribution is -2.35. The average molecular weight is 206 g/mol. The highest BCUT2D eigenvalue weighted by atomic mass is 16.1. The summed E-state index contributed by atoms with van der Waals surface area (Å²) in [6.45, 7) is 5.63. The zero-order chi connectivity index (χ0) is 11.8. The Hall–Kier alpha value is -1.15. The summed E-state index contributed by atoms with van der Waals surface area (Å²) in [6.07, 6.45) is 0. The van der Waals surface area contributed by atoms with E-state index in [-0.39, 0.29) is 5.78 Å². The maximum Gasteiger partial charge on any atom is 0.160 e. The minimum absolute atomic E-state index is 0.151. The topological polar surface area (TPSA) is 17.1 Å². The van der Waals surface area contributed by atoms with E-state index in [0.717, 1.165) is 21.2 Å². The Bertz CT molecular complexity index is 376. The zero-order valence-electron chi connectivity index (χ0n) is 10.5. The van der Waals surface area contributed by atoms with E-state index in [1.807, 2.05) is 13.8 Å². The van der Waals surface area contributed by atoms with Gasteiger partial charge in [0.15, 0.2) is 5.78 Å². The van der Waals surface area contributed by atoms with Gasteiger partial charge in [0.2, 0.25) is 0 Å². The first-order chi connectivity index (χ1) is 6.73. The molecular formula is C13H20NO+. The highest BCUT2D eigenvalue weighted by Crippen LogP contribution is 2.24. The summed E-state index contributed by atoms with van der Waals surface area (Å²) >= 11 is 0. The molecule has 0 amide bonds. The van der Waals surface area contributed by atoms with Gasteiger partial charge in [0.25, 0.3) is 0 Å². The molecule has 1 rings (SSSR count). The van der Waals surface area contributed by atoms with Crippen molar-refractivity contribution >= 4 is 11.5 Å². The summed E-state index contributed by atoms with van der Waals surface area (Å²) in [5.41, 5.74) is 4.25. The highest BCUT2D eigenvalue weighted by molar-refractivity contribution is 5.97. The van der Waals surface area contributed by atoms with E-state index in [1.54, 1.807) is 6.92 Å². The summed E-state index contributed by atoms with van der Waals surface area (Å²) in [5, 5.41) is 0. The molecule has 0 radical (unpaired) electrons. The SMILES string of the molecule is CC(=O)c1c(C)cc([N+](C)(C)C)cc1C. The minimum Gasteiger partial charge on any atom is -0.298 e. The predicted octanol–water partition coefficient (Wildman–Crippen LogP) is 2.70. The van der Waals surface area contributed by atoms with Crippen LogP contribution in [0.1, 0.15) is 28.4 Å². The van der Waals surface area contributed by atoms with Crippen LogP contribution in [0.2, 0.25) is 0 Å². The minimum atomic E-state index is 0.151. The van der Waals surface area contributed by atoms with E-state index in [2.05, 4.69) is 33.3 Å². The van der Waals surface area contributed by atoms with Crippen LogP contribution < -0.4 is 4.48 Å². The third kappa shape index (κ3) is 2.45. The Kier molecular flexibility index (Phi) is 3.00. The molecule has 0 aliphatic carbocycles. The van der Waals surface area contributed by atoms with E-state index in [4.69, 9.17) is 0 Å². The van der Waals surface area contributed by atoms with Crippen molar-refractivity contribution in [2.45, 2.75) is 20.8 Å². The molecule has 2 nitrogen and oxygen atoms in total. The maximum absolute atomic E-state index is 11.4. The van der Waals surface area contributed by atoms with E-state index in [1.165, 1.54) is 5.69 Å². The van der Waals surface area contributed by atoms with Crippen LogP contribution in [-0.4, -0.2) is 26.9 Å². The molecule has 82 valence electrons. The summed E-state index contributed by atoms with van der Waals surface area (Å²) in [7, 11) is 6.38. The molecule has 2 heteroatoms. The smallest absolute Gasteiger partial charge is 0.160 e. The zero-order valence-corrected chi connectivity index (χ0v) is 10.5. The Balaban J connectivity index is 3.39. The van der Waals surface area contributed by atoms with Crippen molar-refractivity contribution in [3.63, 3.8) is 0 Å². The molecular weight excluding hydrogens is 186 g/mol. The number of hydrogen-bond donors (Lipinski definition) is 0. The standard InChI is InChI=1S/C13H20NO/c1-9-7-12(14(4,5)6)8-10(2)13(9)11(3)15/h7-8H,1-6H3/q+1. The molecule has 0 spiro atoms. The van der Waals surface area contributed by atoms with Gasteiger partial charge in [-0.05, 0) is 31.9 Å². The monoisotopic (exact) mass is 206 g/mol. The fourth-order valence-electron chi connectivity index (χ4n) is 1.88. The molecule has 1 aromatic rings. The van der Waals surface area contributed by atoms with E-state index < -0.39 is 0 Å². The maximum atomic E-state index is 11.4. The summed E-state index contributed by atoms with van der Waals surface area (Å²) in [5.74, 6) is 0.151. The van der Waals surface area contributed by atoms with E-state index >= 15 is 0 Å². The molecule has 1 aromatic carbocycles. The van der Waals surface area contributed by atoms with Gasteiger partial charge in [0.05, 0.1) is 21.1 Å². The molecule has 0 heterocycles. The lowest BCUT2D eigenvalue weighted by Gasteiger charge is -2.25. The Morgan fingerprint density at radius 2 is 1.47 bits per heavy atom. The van der Waals surface area contributed by atoms with Gasteiger partial charge in [0.1, 0.15) is 5.69 Å². The van der Waals surface area contributed by atoms with Crippen LogP contribution in [-0.2, 0) is 0 Å². The van der Waals surface area contributed by atoms with Gasteiger partial charge < -0.3 is 0 Å². The number of aryl methyl sites for hydroxylation is 2. The van der Waals surface area contributed by atoms with Gasteiger partial charge >= 0.3 is 0 Å². The second-order valence-corrected chi connectivity index (χ2v) is 5.02. The van der Waals surface area contributed by atoms with Gasteiger partial charge in [-0.2, -0.15) is 0 Å². The van der Waals surface area contributed by atoms with Crippen LogP contribution in [0.25, 0.3) is 0 Å². The quantitative estimate of drug-likeness (QED) is 0.537. The summed E-state index contributed by atoms with van der Waals surface area (Å²) < 4.78 is 0.778. The fraction of sp³-hybridized carbons (Fsp3) is 0.462. The second kappa shape index (κ2) is 3.78. The Morgan fingerprint density at radius 3 is 1.73 bits per heavy atom. The lowest BCUT2D eigenvalue weighted by molar-refractivity contribution is 0.101. The number of quaternary nitrogens is 1. The van der Waals surface area contributed by atoms with Crippen LogP contribution in [0, 0.1) is 13.8 Å². The molecule has 0 atom stereocenters. The largest absolute Gasteiger partial charge is 0.298 e. The third-order valence-corrected chi connectivity index (χ3v) is 2.64. The first-order valence-corrected chi connectivity index (χ1v) is 5.17. The first kappa shape index (κ1) is 11.9. The van der Waals surface area contributed by atoms with Gasteiger partial charge in [0, 0.05) is 17.7 Å². The first-order valence-electron chi connectivity index (χ1n) is 5.17. The number of carbonyl (C=O) groups is 1. The van der Waals surface area contributed by atoms with E-state index in [9.17, 15) is 4.79 Å². The van der Waals surface area contributed by atoms with Crippen LogP contribution in [0.15, 0.2) is 12.1 Å². The van der Waals surface area contributed by atoms with Crippen LogP contribution in [0.3, 0.4) is 0 Å². The van der Waals surface area contributed by atoms with Gasteiger partial charge in [-0.15, -0.1) is 0 Å². The van der Waals surface area contributed by atoms with E-state index in [0.29, 0.717) is 0 Å². The molecule has 0 N–H and O–H groups in total. The summed E-state index contributed by atoms with van der Waals surface area (Å²) in [6, 6.07) is 4.20. The molecule has 0 bridgehead atoms. The van der Waals surface area contributed by atoms with Crippen LogP contribution in [0.4, 0.5) is 5.69 Å². The second-order valence-electron chi connectivity index (χ2n) is 5.02. The van der Waals surface area contributed by atoms with Crippen molar-refractivity contribution in [1.82, 2.24) is 4.48 Å². The van der Waals surface area contributed by atoms with Crippen LogP contribution >= 0.6 is 0 Å². The Morgan fingerprint density at radius 1 is 1.07 bits per heavy atom. The molecule has 0 aliphatic heterocycles. The third-order valence-electron chi connectivity index (χ3n) is 2.64. The van der Waals surface area contributed by atoms with Gasteiger partial charge in [-0.3, -0.25) is 9.28 Å². The summed E-state index contributed by atoms with van der Waals surface area (Å²) in [4.78, 5) is 11.4. The van der Waals surface area contributed by atoms with Gasteiger partial charge in [-0.25, -0.2) is 0 Å². The van der Waals surface area contributed by atoms with Crippen LogP contribution in [0.5, 0.6) is 0 Å². The predicted molar refractivity (Wildman–Crippen MR) is 65.5 cm³/mol. The number of nitrogens with zero attached hydrogens (tertiary/aromatic N) is 1. The van der Waals surface area contributed by atoms with Crippen molar-refractivity contribution in [1.29, 1.82) is 0 Å². The number of benzene rings is 1. The molecule has 0 aromatic heterocycles. The van der Waals surface area contributed by atoms with Crippen molar-refractivity contribution < 1.29 is 4.79 Å². The van der Waals surface area contributed by atoms with Crippen molar-refractivity contribution in [3.8, 4) is 0 Å². The fourth-order valence-corrected chi connectivity index (χ4v) is 1.88. The average Bonchev–Trinajstić information content (AvgIpc) is 1.99. The number of rotatable bonds is 2.